The first-order valence-electron chi connectivity index (χ1n) is 7.50. The van der Waals surface area contributed by atoms with Gasteiger partial charge in [-0.1, -0.05) is 6.07 Å². The highest BCUT2D eigenvalue weighted by Crippen LogP contribution is 2.16. The Morgan fingerprint density at radius 2 is 1.77 bits per heavy atom. The first kappa shape index (κ1) is 18.2. The van der Waals surface area contributed by atoms with Crippen LogP contribution in [-0.2, 0) is 26.4 Å². The Kier molecular flexibility index (Phi) is 4.90. The molecule has 0 amide bonds. The van der Waals surface area contributed by atoms with Crippen LogP contribution in [0.4, 0.5) is 0 Å². The van der Waals surface area contributed by atoms with Gasteiger partial charge in [-0.05, 0) is 42.0 Å². The summed E-state index contributed by atoms with van der Waals surface area (Å²) in [5.41, 5.74) is 0.688. The number of rotatable bonds is 6. The number of benzene rings is 1. The molecule has 1 aromatic carbocycles. The molecule has 0 radical (unpaired) electrons. The summed E-state index contributed by atoms with van der Waals surface area (Å²) in [4.78, 5) is 4.02. The zero-order valence-corrected chi connectivity index (χ0v) is 15.4. The van der Waals surface area contributed by atoms with Gasteiger partial charge in [-0.15, -0.1) is 0 Å². The lowest BCUT2D eigenvalue weighted by atomic mass is 10.2. The molecule has 0 spiro atoms. The molecule has 0 aliphatic rings. The number of sulfonamides is 1. The van der Waals surface area contributed by atoms with E-state index in [-0.39, 0.29) is 16.3 Å². The third-order valence-corrected chi connectivity index (χ3v) is 6.07. The second-order valence-electron chi connectivity index (χ2n) is 5.54. The van der Waals surface area contributed by atoms with E-state index in [4.69, 9.17) is 0 Å². The molecule has 0 saturated carbocycles. The Labute approximate surface area is 151 Å². The number of hydrogen-bond acceptors (Lipinski definition) is 6. The minimum atomic E-state index is -3.87. The smallest absolute Gasteiger partial charge is 0.237 e. The van der Waals surface area contributed by atoms with E-state index in [1.165, 1.54) is 18.2 Å². The van der Waals surface area contributed by atoms with Crippen molar-refractivity contribution in [1.82, 2.24) is 19.5 Å². The lowest BCUT2D eigenvalue weighted by Gasteiger charge is -2.09. The van der Waals surface area contributed by atoms with Gasteiger partial charge in [-0.2, -0.15) is 5.10 Å². The molecule has 8 nitrogen and oxygen atoms in total. The number of aromatic nitrogens is 3. The second-order valence-corrected chi connectivity index (χ2v) is 9.33. The number of pyridine rings is 1. The molecular formula is C16H16N4O4S2. The van der Waals surface area contributed by atoms with Gasteiger partial charge in [0.1, 0.15) is 0 Å². The highest BCUT2D eigenvalue weighted by Gasteiger charge is 2.17. The molecular weight excluding hydrogens is 376 g/mol. The zero-order valence-electron chi connectivity index (χ0n) is 13.8. The topological polar surface area (TPSA) is 111 Å². The van der Waals surface area contributed by atoms with Gasteiger partial charge in [0, 0.05) is 31.4 Å². The van der Waals surface area contributed by atoms with E-state index >= 15 is 0 Å². The lowest BCUT2D eigenvalue weighted by Crippen LogP contribution is -2.23. The molecule has 3 aromatic rings. The molecule has 0 aliphatic carbocycles. The minimum absolute atomic E-state index is 0.0300. The van der Waals surface area contributed by atoms with E-state index in [1.54, 1.807) is 41.5 Å². The number of sulfone groups is 1. The molecule has 10 heteroatoms. The van der Waals surface area contributed by atoms with Gasteiger partial charge in [-0.3, -0.25) is 0 Å². The van der Waals surface area contributed by atoms with E-state index in [2.05, 4.69) is 14.8 Å². The summed E-state index contributed by atoms with van der Waals surface area (Å²) in [6.45, 7) is 0.0300. The monoisotopic (exact) mass is 392 g/mol. The first-order chi connectivity index (χ1) is 12.3. The van der Waals surface area contributed by atoms with Gasteiger partial charge < -0.3 is 0 Å². The quantitative estimate of drug-likeness (QED) is 0.674. The summed E-state index contributed by atoms with van der Waals surface area (Å²) in [7, 11) is -7.36. The molecule has 1 N–H and O–H groups in total. The fourth-order valence-electron chi connectivity index (χ4n) is 2.23. The average Bonchev–Trinajstić information content (AvgIpc) is 3.14. The average molecular weight is 392 g/mol. The second kappa shape index (κ2) is 6.98. The van der Waals surface area contributed by atoms with Crippen LogP contribution in [0.2, 0.25) is 0 Å². The predicted molar refractivity (Wildman–Crippen MR) is 94.9 cm³/mol. The minimum Gasteiger partial charge on any atom is -0.237 e. The fraction of sp³-hybridized carbons (Fsp3) is 0.125. The standard InChI is InChI=1S/C16H16N4O4S2/c1-25(21,22)14-4-2-5-15(11-14)26(23,24)19-12-13-6-8-17-16(10-13)20-9-3-7-18-20/h2-11,19H,12H2,1H3. The maximum absolute atomic E-state index is 12.5. The lowest BCUT2D eigenvalue weighted by molar-refractivity contribution is 0.581. The van der Waals surface area contributed by atoms with E-state index in [0.29, 0.717) is 11.4 Å². The molecule has 0 bridgehead atoms. The SMILES string of the molecule is CS(=O)(=O)c1cccc(S(=O)(=O)NCc2ccnc(-n3cccn3)c2)c1. The number of nitrogens with one attached hydrogen (secondary N) is 1. The Balaban J connectivity index is 1.80. The third kappa shape index (κ3) is 4.15. The molecule has 26 heavy (non-hydrogen) atoms. The van der Waals surface area contributed by atoms with Gasteiger partial charge in [0.25, 0.3) is 0 Å². The third-order valence-electron chi connectivity index (χ3n) is 3.56. The van der Waals surface area contributed by atoms with Crippen molar-refractivity contribution >= 4 is 19.9 Å². The van der Waals surface area contributed by atoms with Crippen LogP contribution >= 0.6 is 0 Å². The molecule has 0 fully saturated rings. The van der Waals surface area contributed by atoms with Gasteiger partial charge in [0.2, 0.25) is 10.0 Å². The maximum atomic E-state index is 12.5. The maximum Gasteiger partial charge on any atom is 0.240 e. The molecule has 2 aromatic heterocycles. The Hall–Kier alpha value is -2.56. The largest absolute Gasteiger partial charge is 0.240 e. The van der Waals surface area contributed by atoms with Crippen LogP contribution in [0.3, 0.4) is 0 Å². The van der Waals surface area contributed by atoms with Gasteiger partial charge >= 0.3 is 0 Å². The van der Waals surface area contributed by atoms with Crippen LogP contribution in [0.15, 0.2) is 70.8 Å². The molecule has 0 saturated heterocycles. The van der Waals surface area contributed by atoms with E-state index in [9.17, 15) is 16.8 Å². The van der Waals surface area contributed by atoms with Crippen molar-refractivity contribution in [3.63, 3.8) is 0 Å². The first-order valence-corrected chi connectivity index (χ1v) is 10.9. The Bertz CT molecular complexity index is 1120. The van der Waals surface area contributed by atoms with Crippen LogP contribution in [0.5, 0.6) is 0 Å². The van der Waals surface area contributed by atoms with Crippen LogP contribution in [0.1, 0.15) is 5.56 Å². The number of hydrogen-bond donors (Lipinski definition) is 1. The highest BCUT2D eigenvalue weighted by atomic mass is 32.2. The Morgan fingerprint density at radius 1 is 1.00 bits per heavy atom. The molecule has 0 aliphatic heterocycles. The van der Waals surface area contributed by atoms with Crippen molar-refractivity contribution in [3.05, 3.63) is 66.6 Å². The molecule has 0 unspecified atom stereocenters. The predicted octanol–water partition coefficient (Wildman–Crippen LogP) is 1.15. The van der Waals surface area contributed by atoms with Gasteiger partial charge in [0.05, 0.1) is 9.79 Å². The summed E-state index contributed by atoms with van der Waals surface area (Å²) in [5, 5.41) is 4.08. The Morgan fingerprint density at radius 3 is 2.46 bits per heavy atom. The summed E-state index contributed by atoms with van der Waals surface area (Å²) in [5.74, 6) is 0.561. The van der Waals surface area contributed by atoms with Crippen molar-refractivity contribution < 1.29 is 16.8 Å². The zero-order chi connectivity index (χ0) is 18.8. The van der Waals surface area contributed by atoms with Crippen LogP contribution in [0, 0.1) is 0 Å². The number of nitrogens with zero attached hydrogens (tertiary/aromatic N) is 3. The normalized spacial score (nSPS) is 12.2. The van der Waals surface area contributed by atoms with Crippen molar-refractivity contribution in [1.29, 1.82) is 0 Å². The van der Waals surface area contributed by atoms with E-state index < -0.39 is 19.9 Å². The van der Waals surface area contributed by atoms with E-state index in [0.717, 1.165) is 12.3 Å². The summed E-state index contributed by atoms with van der Waals surface area (Å²) in [6, 6.07) is 10.4. The van der Waals surface area contributed by atoms with Crippen molar-refractivity contribution in [2.75, 3.05) is 6.26 Å². The summed E-state index contributed by atoms with van der Waals surface area (Å²) >= 11 is 0. The van der Waals surface area contributed by atoms with Crippen LogP contribution in [-0.4, -0.2) is 37.9 Å². The summed E-state index contributed by atoms with van der Waals surface area (Å²) in [6.07, 6.45) is 5.93. The van der Waals surface area contributed by atoms with E-state index in [1.807, 2.05) is 0 Å². The van der Waals surface area contributed by atoms with Crippen molar-refractivity contribution in [2.45, 2.75) is 16.3 Å². The van der Waals surface area contributed by atoms with Crippen molar-refractivity contribution in [3.8, 4) is 5.82 Å². The summed E-state index contributed by atoms with van der Waals surface area (Å²) < 4.78 is 52.2. The molecule has 0 atom stereocenters. The molecule has 136 valence electrons. The van der Waals surface area contributed by atoms with Crippen molar-refractivity contribution in [2.24, 2.45) is 0 Å². The highest BCUT2D eigenvalue weighted by molar-refractivity contribution is 7.91. The van der Waals surface area contributed by atoms with Gasteiger partial charge in [0.15, 0.2) is 15.7 Å². The molecule has 2 heterocycles. The van der Waals surface area contributed by atoms with Crippen LogP contribution < -0.4 is 4.72 Å². The van der Waals surface area contributed by atoms with Crippen LogP contribution in [0.25, 0.3) is 5.82 Å². The fourth-order valence-corrected chi connectivity index (χ4v) is 4.04. The molecule has 3 rings (SSSR count). The van der Waals surface area contributed by atoms with Gasteiger partial charge in [-0.25, -0.2) is 31.2 Å².